The largest absolute Gasteiger partial charge is 0.477 e. The molecular formula is C29H19F9O2. The zero-order chi connectivity index (χ0) is 29.2. The molecule has 0 unspecified atom stereocenters. The first kappa shape index (κ1) is 28.8. The fourth-order valence-electron chi connectivity index (χ4n) is 3.96. The van der Waals surface area contributed by atoms with Crippen LogP contribution in [-0.4, -0.2) is 12.7 Å². The van der Waals surface area contributed by atoms with Crippen molar-refractivity contribution >= 4 is 0 Å². The molecule has 0 amide bonds. The van der Waals surface area contributed by atoms with Gasteiger partial charge in [-0.15, -0.1) is 0 Å². The summed E-state index contributed by atoms with van der Waals surface area (Å²) < 4.78 is 136. The number of ether oxygens (including phenoxy) is 2. The molecule has 0 fully saturated rings. The van der Waals surface area contributed by atoms with Crippen molar-refractivity contribution in [1.29, 1.82) is 0 Å². The summed E-state index contributed by atoms with van der Waals surface area (Å²) in [6.45, 7) is 0.207. The van der Waals surface area contributed by atoms with Gasteiger partial charge in [-0.05, 0) is 65.6 Å². The normalized spacial score (nSPS) is 11.6. The highest BCUT2D eigenvalue weighted by Gasteiger charge is 2.34. The van der Waals surface area contributed by atoms with E-state index in [1.54, 1.807) is 6.92 Å². The van der Waals surface area contributed by atoms with Crippen LogP contribution in [0.4, 0.5) is 39.5 Å². The molecule has 4 aromatic rings. The first-order chi connectivity index (χ1) is 18.9. The first-order valence-corrected chi connectivity index (χ1v) is 11.8. The van der Waals surface area contributed by atoms with Crippen LogP contribution < -0.4 is 9.47 Å². The molecule has 0 saturated carbocycles. The molecule has 210 valence electrons. The molecule has 0 atom stereocenters. The SMILES string of the molecule is CCCc1cc(F)c(OCC(F)(F)Oc2ccc(-c3ccc(-c4cc(F)c(F)c(F)c4)c(F)c3)c(F)c2)c(F)c1. The molecule has 0 aliphatic rings. The van der Waals surface area contributed by atoms with Crippen LogP contribution in [0.5, 0.6) is 11.5 Å². The number of benzene rings is 4. The van der Waals surface area contributed by atoms with Crippen molar-refractivity contribution in [1.82, 2.24) is 0 Å². The fraction of sp³-hybridized carbons (Fsp3) is 0.172. The van der Waals surface area contributed by atoms with Gasteiger partial charge in [0, 0.05) is 17.2 Å². The number of aryl methyl sites for hydroxylation is 1. The topological polar surface area (TPSA) is 18.5 Å². The molecule has 0 aliphatic heterocycles. The maximum atomic E-state index is 14.8. The minimum atomic E-state index is -4.12. The molecule has 0 bridgehead atoms. The number of halogens is 9. The molecule has 4 rings (SSSR count). The van der Waals surface area contributed by atoms with Crippen molar-refractivity contribution in [2.45, 2.75) is 25.9 Å². The summed E-state index contributed by atoms with van der Waals surface area (Å²) in [5.74, 6) is -10.9. The molecule has 0 aromatic heterocycles. The molecule has 0 aliphatic carbocycles. The molecule has 0 spiro atoms. The summed E-state index contributed by atoms with van der Waals surface area (Å²) in [6, 6.07) is 8.80. The zero-order valence-electron chi connectivity index (χ0n) is 20.6. The second kappa shape index (κ2) is 11.5. The van der Waals surface area contributed by atoms with Crippen LogP contribution in [0.15, 0.2) is 60.7 Å². The van der Waals surface area contributed by atoms with E-state index >= 15 is 0 Å². The molecular weight excluding hydrogens is 551 g/mol. The lowest BCUT2D eigenvalue weighted by Crippen LogP contribution is -2.32. The predicted molar refractivity (Wildman–Crippen MR) is 129 cm³/mol. The maximum absolute atomic E-state index is 14.8. The highest BCUT2D eigenvalue weighted by Crippen LogP contribution is 2.33. The van der Waals surface area contributed by atoms with Crippen molar-refractivity contribution in [3.63, 3.8) is 0 Å². The Balaban J connectivity index is 1.49. The van der Waals surface area contributed by atoms with Crippen LogP contribution in [0.25, 0.3) is 22.3 Å². The quantitative estimate of drug-likeness (QED) is 0.148. The van der Waals surface area contributed by atoms with Gasteiger partial charge in [-0.25, -0.2) is 30.7 Å². The van der Waals surface area contributed by atoms with Gasteiger partial charge in [0.05, 0.1) is 0 Å². The second-order valence-corrected chi connectivity index (χ2v) is 8.76. The van der Waals surface area contributed by atoms with E-state index in [9.17, 15) is 39.5 Å². The zero-order valence-corrected chi connectivity index (χ0v) is 20.6. The third kappa shape index (κ3) is 6.35. The Kier molecular flexibility index (Phi) is 8.32. The standard InChI is InChI=1S/C29H19F9O2/c1-2-3-15-8-25(34)28(26(35)9-15)39-14-29(37,38)40-18-5-7-19(22(31)13-18)16-4-6-20(21(30)10-16)17-11-23(32)27(36)24(33)12-17/h4-13H,2-3,14H2,1H3. The Hall–Kier alpha value is -4.15. The van der Waals surface area contributed by atoms with E-state index in [2.05, 4.69) is 9.47 Å². The summed E-state index contributed by atoms with van der Waals surface area (Å²) >= 11 is 0. The van der Waals surface area contributed by atoms with Gasteiger partial charge in [-0.1, -0.05) is 25.5 Å². The summed E-state index contributed by atoms with van der Waals surface area (Å²) in [6.07, 6.45) is -3.14. The molecule has 0 N–H and O–H groups in total. The van der Waals surface area contributed by atoms with Crippen molar-refractivity contribution in [2.24, 2.45) is 0 Å². The Bertz CT molecular complexity index is 1510. The van der Waals surface area contributed by atoms with Gasteiger partial charge >= 0.3 is 6.11 Å². The molecule has 2 nitrogen and oxygen atoms in total. The summed E-state index contributed by atoms with van der Waals surface area (Å²) in [5, 5.41) is 0. The highest BCUT2D eigenvalue weighted by molar-refractivity contribution is 5.72. The highest BCUT2D eigenvalue weighted by atomic mass is 19.3. The van der Waals surface area contributed by atoms with Gasteiger partial charge in [-0.3, -0.25) is 0 Å². The van der Waals surface area contributed by atoms with Crippen molar-refractivity contribution in [3.05, 3.63) is 107 Å². The molecule has 0 radical (unpaired) electrons. The molecule has 11 heteroatoms. The van der Waals surface area contributed by atoms with Gasteiger partial charge in [0.2, 0.25) is 0 Å². The van der Waals surface area contributed by atoms with Crippen LogP contribution in [0.2, 0.25) is 0 Å². The Labute approximate surface area is 222 Å². The molecule has 4 aromatic carbocycles. The van der Waals surface area contributed by atoms with Crippen LogP contribution in [0.3, 0.4) is 0 Å². The van der Waals surface area contributed by atoms with Gasteiger partial charge in [-0.2, -0.15) is 8.78 Å². The lowest BCUT2D eigenvalue weighted by atomic mass is 9.99. The van der Waals surface area contributed by atoms with Crippen molar-refractivity contribution in [3.8, 4) is 33.8 Å². The van der Waals surface area contributed by atoms with Gasteiger partial charge in [0.1, 0.15) is 17.4 Å². The number of hydrogen-bond donors (Lipinski definition) is 0. The summed E-state index contributed by atoms with van der Waals surface area (Å²) in [7, 11) is 0. The predicted octanol–water partition coefficient (Wildman–Crippen LogP) is 9.00. The lowest BCUT2D eigenvalue weighted by molar-refractivity contribution is -0.196. The van der Waals surface area contributed by atoms with E-state index in [0.29, 0.717) is 36.6 Å². The van der Waals surface area contributed by atoms with E-state index in [0.717, 1.165) is 36.4 Å². The van der Waals surface area contributed by atoms with E-state index in [4.69, 9.17) is 0 Å². The molecule has 0 saturated heterocycles. The molecule has 40 heavy (non-hydrogen) atoms. The van der Waals surface area contributed by atoms with Crippen LogP contribution in [0.1, 0.15) is 18.9 Å². The van der Waals surface area contributed by atoms with Crippen LogP contribution >= 0.6 is 0 Å². The van der Waals surface area contributed by atoms with E-state index in [1.807, 2.05) is 0 Å². The lowest BCUT2D eigenvalue weighted by Gasteiger charge is -2.19. The van der Waals surface area contributed by atoms with Crippen LogP contribution in [0, 0.1) is 40.7 Å². The summed E-state index contributed by atoms with van der Waals surface area (Å²) in [4.78, 5) is 0. The number of rotatable bonds is 9. The molecule has 0 heterocycles. The van der Waals surface area contributed by atoms with E-state index in [1.165, 1.54) is 6.07 Å². The van der Waals surface area contributed by atoms with Gasteiger partial charge in [0.25, 0.3) is 0 Å². The van der Waals surface area contributed by atoms with Gasteiger partial charge < -0.3 is 9.47 Å². The number of alkyl halides is 2. The smallest absolute Gasteiger partial charge is 0.433 e. The minimum Gasteiger partial charge on any atom is -0.477 e. The fourth-order valence-corrected chi connectivity index (χ4v) is 3.96. The Morgan fingerprint density at radius 3 is 1.75 bits per heavy atom. The monoisotopic (exact) mass is 570 g/mol. The maximum Gasteiger partial charge on any atom is 0.433 e. The Morgan fingerprint density at radius 1 is 0.625 bits per heavy atom. The van der Waals surface area contributed by atoms with Crippen molar-refractivity contribution < 1.29 is 49.0 Å². The average molecular weight is 570 g/mol. The van der Waals surface area contributed by atoms with Crippen LogP contribution in [-0.2, 0) is 6.42 Å². The first-order valence-electron chi connectivity index (χ1n) is 11.8. The van der Waals surface area contributed by atoms with Gasteiger partial charge in [0.15, 0.2) is 41.4 Å². The third-order valence-corrected chi connectivity index (χ3v) is 5.76. The summed E-state index contributed by atoms with van der Waals surface area (Å²) in [5.41, 5.74) is -0.553. The average Bonchev–Trinajstić information content (AvgIpc) is 2.86. The second-order valence-electron chi connectivity index (χ2n) is 8.76. The third-order valence-electron chi connectivity index (χ3n) is 5.76. The van der Waals surface area contributed by atoms with E-state index in [-0.39, 0.29) is 22.3 Å². The number of hydrogen-bond acceptors (Lipinski definition) is 2. The van der Waals surface area contributed by atoms with E-state index < -0.39 is 64.9 Å². The minimum absolute atomic E-state index is 0.0547. The van der Waals surface area contributed by atoms with Crippen molar-refractivity contribution in [2.75, 3.05) is 6.61 Å². The Morgan fingerprint density at radius 2 is 1.18 bits per heavy atom.